The van der Waals surface area contributed by atoms with Gasteiger partial charge in [0, 0.05) is 124 Å². The van der Waals surface area contributed by atoms with E-state index in [9.17, 15) is 0 Å². The second-order valence-electron chi connectivity index (χ2n) is 0.247. The Morgan fingerprint density at radius 3 is 1.00 bits per heavy atom. The van der Waals surface area contributed by atoms with E-state index < -0.39 is 0 Å². The molecule has 0 aromatic heterocycles. The molecular weight excluding hydrogens is 552 g/mol. The van der Waals surface area contributed by atoms with Gasteiger partial charge >= 0.3 is 3.18 Å². The average Bonchev–Trinajstić information content (AvgIpc) is 0.811. The Morgan fingerprint density at radius 1 is 1.00 bits per heavy atom. The molecule has 0 nitrogen and oxygen atoms in total. The summed E-state index contributed by atoms with van der Waals surface area (Å²) >= 11 is 9.31. The van der Waals surface area contributed by atoms with E-state index in [0.29, 0.717) is 0 Å². The van der Waals surface area contributed by atoms with E-state index in [0.717, 1.165) is 0 Å². The molecule has 0 aliphatic heterocycles. The minimum absolute atomic E-state index is 0. The van der Waals surface area contributed by atoms with E-state index in [1.807, 2.05) is 0 Å². The van der Waals surface area contributed by atoms with Gasteiger partial charge in [-0.3, -0.25) is 0 Å². The van der Waals surface area contributed by atoms with E-state index in [1.54, 1.807) is 0 Å². The molecule has 0 aliphatic carbocycles. The fourth-order valence-electron chi connectivity index (χ4n) is 0. The van der Waals surface area contributed by atoms with Crippen LogP contribution in [0.5, 0.6) is 0 Å². The van der Waals surface area contributed by atoms with Crippen molar-refractivity contribution in [2.45, 2.75) is 0 Å². The molecule has 0 rings (SSSR count). The summed E-state index contributed by atoms with van der Waals surface area (Å²) in [6, 6.07) is 0. The normalized spacial score (nSPS) is 3.86. The van der Waals surface area contributed by atoms with Crippen molar-refractivity contribution in [1.82, 2.24) is 0 Å². The van der Waals surface area contributed by atoms with Gasteiger partial charge in [0.05, 0.1) is 0 Å². The zero-order chi connectivity index (χ0) is 3.58. The second-order valence-corrected chi connectivity index (χ2v) is 6.68. The molecule has 0 spiro atoms. The number of hydrogen-bond acceptors (Lipinski definition) is 0. The van der Waals surface area contributed by atoms with Crippen LogP contribution in [0.4, 0.5) is 0 Å². The van der Waals surface area contributed by atoms with Crippen LogP contribution in [0, 0.1) is 0 Å². The fourth-order valence-corrected chi connectivity index (χ4v) is 0. The molecule has 5 radical (unpaired) electrons. The molecule has 0 saturated carbocycles. The molecule has 7 heteroatoms. The van der Waals surface area contributed by atoms with Gasteiger partial charge in [-0.1, -0.05) is 0 Å². The molecule has 33 valence electrons. The topological polar surface area (TPSA) is 0 Å². The van der Waals surface area contributed by atoms with Crippen molar-refractivity contribution in [1.29, 1.82) is 0 Å². The Kier molecular flexibility index (Phi) is 57.0. The summed E-state index contributed by atoms with van der Waals surface area (Å²) in [6.07, 6.45) is 0. The second kappa shape index (κ2) is 17.5. The maximum absolute atomic E-state index is 3.10. The van der Waals surface area contributed by atoms with Gasteiger partial charge in [0.25, 0.3) is 0 Å². The van der Waals surface area contributed by atoms with Crippen LogP contribution >= 0.6 is 47.3 Å². The van der Waals surface area contributed by atoms with Gasteiger partial charge in [0.1, 0.15) is 0 Å². The van der Waals surface area contributed by atoms with Crippen LogP contribution in [-0.4, -0.2) is 127 Å². The van der Waals surface area contributed by atoms with Crippen molar-refractivity contribution in [3.05, 3.63) is 0 Å². The first-order chi connectivity index (χ1) is 1.73. The third kappa shape index (κ3) is 34.5. The molecular formula is BBaBr3RbSe. The monoisotopic (exact) mass is 550 g/mol. The third-order valence-corrected chi connectivity index (χ3v) is 0. The van der Waals surface area contributed by atoms with Crippen molar-refractivity contribution in [2.75, 3.05) is 0 Å². The minimum atomic E-state index is 0. The molecule has 0 N–H and O–H groups in total. The van der Waals surface area contributed by atoms with Crippen LogP contribution in [0.25, 0.3) is 0 Å². The molecule has 0 aromatic rings. The summed E-state index contributed by atoms with van der Waals surface area (Å²) in [5, 5.41) is 0. The first kappa shape index (κ1) is 22.8. The standard InChI is InChI=1S/BBr3.Ba.Rb.Se/c2-1(3)4;;;. The maximum Gasteiger partial charge on any atom is 0.369 e. The number of hydrogen-bond donors (Lipinski definition) is 0. The van der Waals surface area contributed by atoms with Crippen molar-refractivity contribution < 1.29 is 0 Å². The van der Waals surface area contributed by atoms with E-state index >= 15 is 0 Å². The van der Waals surface area contributed by atoms with E-state index in [-0.39, 0.29) is 127 Å². The van der Waals surface area contributed by atoms with E-state index in [4.69, 9.17) is 0 Å². The molecule has 0 fully saturated rings. The molecule has 0 unspecified atom stereocenters. The Bertz CT molecular complexity index is 19.7. The molecule has 0 atom stereocenters. The fraction of sp³-hybridized carbons (Fsp3) is 0. The van der Waals surface area contributed by atoms with Crippen LogP contribution in [0.2, 0.25) is 0 Å². The molecule has 0 amide bonds. The van der Waals surface area contributed by atoms with Gasteiger partial charge in [-0.05, 0) is 0 Å². The summed E-state index contributed by atoms with van der Waals surface area (Å²) in [5.74, 6) is 0. The quantitative estimate of drug-likeness (QED) is 0.394. The Hall–Kier alpha value is 5.40. The van der Waals surface area contributed by atoms with Gasteiger partial charge in [0.2, 0.25) is 0 Å². The minimum Gasteiger partial charge on any atom is -0.123 e. The van der Waals surface area contributed by atoms with Crippen LogP contribution < -0.4 is 0 Å². The van der Waals surface area contributed by atoms with Gasteiger partial charge < -0.3 is 0 Å². The maximum atomic E-state index is 3.10. The largest absolute Gasteiger partial charge is 0.369 e. The molecule has 0 heterocycles. The van der Waals surface area contributed by atoms with Crippen molar-refractivity contribution in [3.8, 4) is 0 Å². The van der Waals surface area contributed by atoms with Gasteiger partial charge in [0.15, 0.2) is 0 Å². The van der Waals surface area contributed by atoms with Crippen LogP contribution in [-0.2, 0) is 0 Å². The molecule has 0 aliphatic rings. The summed E-state index contributed by atoms with van der Waals surface area (Å²) < 4.78 is 0.271. The third-order valence-electron chi connectivity index (χ3n) is 0. The molecule has 0 saturated heterocycles. The molecule has 0 bridgehead atoms. The first-order valence-electron chi connectivity index (χ1n) is 0.655. The number of rotatable bonds is 0. The Balaban J connectivity index is -0.0000000150. The van der Waals surface area contributed by atoms with E-state index in [1.165, 1.54) is 0 Å². The van der Waals surface area contributed by atoms with Crippen molar-refractivity contribution in [3.63, 3.8) is 0 Å². The van der Waals surface area contributed by atoms with Crippen LogP contribution in [0.3, 0.4) is 0 Å². The van der Waals surface area contributed by atoms with E-state index in [2.05, 4.69) is 47.3 Å². The summed E-state index contributed by atoms with van der Waals surface area (Å²) in [6.45, 7) is 0. The zero-order valence-electron chi connectivity index (χ0n) is 3.83. The number of halogens is 3. The molecule has 0 aromatic carbocycles. The van der Waals surface area contributed by atoms with Gasteiger partial charge in [-0.2, -0.15) is 0 Å². The van der Waals surface area contributed by atoms with Crippen LogP contribution in [0.1, 0.15) is 0 Å². The Labute approximate surface area is 169 Å². The summed E-state index contributed by atoms with van der Waals surface area (Å²) in [5.41, 5.74) is 0. The zero-order valence-corrected chi connectivity index (χ0v) is 19.7. The average molecular weight is 552 g/mol. The van der Waals surface area contributed by atoms with Gasteiger partial charge in [-0.25, -0.2) is 0 Å². The SMILES string of the molecule is BrB(Br)Br.[Ba].[Rb].[Se]. The van der Waals surface area contributed by atoms with Crippen molar-refractivity contribution >= 4 is 175 Å². The predicted molar refractivity (Wildman–Crippen MR) is 49.8 cm³/mol. The summed E-state index contributed by atoms with van der Waals surface area (Å²) in [4.78, 5) is 0. The first-order valence-corrected chi connectivity index (χ1v) is 3.40. The summed E-state index contributed by atoms with van der Waals surface area (Å²) in [7, 11) is 0. The van der Waals surface area contributed by atoms with Gasteiger partial charge in [-0.15, -0.1) is 47.3 Å². The molecule has 7 heavy (non-hydrogen) atoms. The Morgan fingerprint density at radius 2 is 1.00 bits per heavy atom. The van der Waals surface area contributed by atoms with Crippen molar-refractivity contribution in [2.24, 2.45) is 0 Å². The van der Waals surface area contributed by atoms with Crippen LogP contribution in [0.15, 0.2) is 0 Å². The predicted octanol–water partition coefficient (Wildman–Crippen LogP) is 1.01. The smallest absolute Gasteiger partial charge is 0.123 e.